The second-order valence-corrected chi connectivity index (χ2v) is 4.99. The molecular formula is C15H18N2O2. The maximum absolute atomic E-state index is 12.1. The van der Waals surface area contributed by atoms with Crippen LogP contribution in [0, 0.1) is 18.3 Å². The molecular weight excluding hydrogens is 240 g/mol. The predicted molar refractivity (Wildman–Crippen MR) is 73.9 cm³/mol. The van der Waals surface area contributed by atoms with Gasteiger partial charge in [-0.15, -0.1) is 12.3 Å². The molecule has 0 aliphatic heterocycles. The van der Waals surface area contributed by atoms with Crippen molar-refractivity contribution in [1.29, 1.82) is 0 Å². The number of esters is 1. The molecule has 0 bridgehead atoms. The first-order chi connectivity index (χ1) is 9.11. The summed E-state index contributed by atoms with van der Waals surface area (Å²) in [6, 6.07) is 3.39. The van der Waals surface area contributed by atoms with Gasteiger partial charge in [-0.3, -0.25) is 0 Å². The van der Waals surface area contributed by atoms with E-state index < -0.39 is 0 Å². The SMILES string of the molecule is C#CC[C@H](OC(=O)c1ccnc(N(C)C)c1)C1CC1. The van der Waals surface area contributed by atoms with Gasteiger partial charge in [-0.25, -0.2) is 9.78 Å². The van der Waals surface area contributed by atoms with Crippen LogP contribution in [0.3, 0.4) is 0 Å². The summed E-state index contributed by atoms with van der Waals surface area (Å²) in [6.07, 6.45) is 9.46. The zero-order valence-electron chi connectivity index (χ0n) is 11.3. The van der Waals surface area contributed by atoms with Crippen LogP contribution >= 0.6 is 0 Å². The lowest BCUT2D eigenvalue weighted by Gasteiger charge is -2.16. The number of pyridine rings is 1. The molecule has 1 atom stereocenters. The average Bonchev–Trinajstić information content (AvgIpc) is 3.22. The number of aromatic nitrogens is 1. The fraction of sp³-hybridized carbons (Fsp3) is 0.467. The molecule has 0 unspecified atom stereocenters. The van der Waals surface area contributed by atoms with E-state index in [1.54, 1.807) is 18.3 Å². The van der Waals surface area contributed by atoms with E-state index in [4.69, 9.17) is 11.2 Å². The third-order valence-corrected chi connectivity index (χ3v) is 3.16. The number of carbonyl (C=O) groups excluding carboxylic acids is 1. The fourth-order valence-corrected chi connectivity index (χ4v) is 1.88. The molecule has 0 spiro atoms. The van der Waals surface area contributed by atoms with Gasteiger partial charge >= 0.3 is 5.97 Å². The van der Waals surface area contributed by atoms with Crippen molar-refractivity contribution >= 4 is 11.8 Å². The lowest BCUT2D eigenvalue weighted by Crippen LogP contribution is -2.20. The highest BCUT2D eigenvalue weighted by atomic mass is 16.5. The van der Waals surface area contributed by atoms with Crippen molar-refractivity contribution < 1.29 is 9.53 Å². The van der Waals surface area contributed by atoms with E-state index in [9.17, 15) is 4.79 Å². The van der Waals surface area contributed by atoms with Crippen LogP contribution in [-0.4, -0.2) is 31.2 Å². The van der Waals surface area contributed by atoms with Crippen molar-refractivity contribution in [3.8, 4) is 12.3 Å². The van der Waals surface area contributed by atoms with Gasteiger partial charge in [0.25, 0.3) is 0 Å². The number of ether oxygens (including phenoxy) is 1. The summed E-state index contributed by atoms with van der Waals surface area (Å²) >= 11 is 0. The van der Waals surface area contributed by atoms with E-state index >= 15 is 0 Å². The van der Waals surface area contributed by atoms with E-state index in [-0.39, 0.29) is 12.1 Å². The summed E-state index contributed by atoms with van der Waals surface area (Å²) < 4.78 is 5.51. The summed E-state index contributed by atoms with van der Waals surface area (Å²) in [5, 5.41) is 0. The molecule has 0 amide bonds. The molecule has 4 heteroatoms. The van der Waals surface area contributed by atoms with Gasteiger partial charge in [0.05, 0.1) is 5.56 Å². The molecule has 100 valence electrons. The van der Waals surface area contributed by atoms with Gasteiger partial charge in [0.1, 0.15) is 11.9 Å². The van der Waals surface area contributed by atoms with Crippen LogP contribution in [-0.2, 0) is 4.74 Å². The van der Waals surface area contributed by atoms with Gasteiger partial charge < -0.3 is 9.64 Å². The molecule has 4 nitrogen and oxygen atoms in total. The Labute approximate surface area is 113 Å². The molecule has 0 N–H and O–H groups in total. The van der Waals surface area contributed by atoms with Crippen LogP contribution in [0.15, 0.2) is 18.3 Å². The van der Waals surface area contributed by atoms with Gasteiger partial charge in [0.2, 0.25) is 0 Å². The summed E-state index contributed by atoms with van der Waals surface area (Å²) in [4.78, 5) is 18.1. The lowest BCUT2D eigenvalue weighted by atomic mass is 10.1. The van der Waals surface area contributed by atoms with Crippen molar-refractivity contribution in [2.24, 2.45) is 5.92 Å². The van der Waals surface area contributed by atoms with Crippen LogP contribution in [0.1, 0.15) is 29.6 Å². The number of hydrogen-bond acceptors (Lipinski definition) is 4. The molecule has 1 saturated carbocycles. The third-order valence-electron chi connectivity index (χ3n) is 3.16. The Hall–Kier alpha value is -2.02. The Morgan fingerprint density at radius 3 is 2.95 bits per heavy atom. The number of anilines is 1. The highest BCUT2D eigenvalue weighted by molar-refractivity contribution is 5.90. The lowest BCUT2D eigenvalue weighted by molar-refractivity contribution is 0.0261. The Kier molecular flexibility index (Phi) is 4.06. The molecule has 1 aromatic rings. The number of rotatable bonds is 5. The first kappa shape index (κ1) is 13.4. The van der Waals surface area contributed by atoms with E-state index in [0.717, 1.165) is 18.7 Å². The predicted octanol–water partition coefficient (Wildman–Crippen LogP) is 2.11. The Bertz CT molecular complexity index is 501. The van der Waals surface area contributed by atoms with Gasteiger partial charge in [0.15, 0.2) is 0 Å². The minimum absolute atomic E-state index is 0.145. The summed E-state index contributed by atoms with van der Waals surface area (Å²) in [6.45, 7) is 0. The van der Waals surface area contributed by atoms with Crippen molar-refractivity contribution in [2.75, 3.05) is 19.0 Å². The van der Waals surface area contributed by atoms with Gasteiger partial charge in [0, 0.05) is 26.7 Å². The van der Waals surface area contributed by atoms with Crippen LogP contribution in [0.2, 0.25) is 0 Å². The zero-order valence-corrected chi connectivity index (χ0v) is 11.3. The van der Waals surface area contributed by atoms with Crippen LogP contribution in [0.25, 0.3) is 0 Å². The maximum atomic E-state index is 12.1. The standard InChI is InChI=1S/C15H18N2O2/c1-4-5-13(11-6-7-11)19-15(18)12-8-9-16-14(10-12)17(2)3/h1,8-11,13H,5-7H2,2-3H3/t13-/m0/s1. The summed E-state index contributed by atoms with van der Waals surface area (Å²) in [5.74, 6) is 3.43. The normalized spacial score (nSPS) is 15.4. The minimum atomic E-state index is -0.322. The topological polar surface area (TPSA) is 42.4 Å². The number of carbonyl (C=O) groups is 1. The van der Waals surface area contributed by atoms with Crippen LogP contribution in [0.4, 0.5) is 5.82 Å². The number of nitrogens with zero attached hydrogens (tertiary/aromatic N) is 2. The fourth-order valence-electron chi connectivity index (χ4n) is 1.88. The highest BCUT2D eigenvalue weighted by Crippen LogP contribution is 2.36. The van der Waals surface area contributed by atoms with Crippen LogP contribution in [0.5, 0.6) is 0 Å². The molecule has 1 aromatic heterocycles. The Balaban J connectivity index is 2.06. The monoisotopic (exact) mass is 258 g/mol. The van der Waals surface area contributed by atoms with Crippen molar-refractivity contribution in [3.05, 3.63) is 23.9 Å². The minimum Gasteiger partial charge on any atom is -0.457 e. The second-order valence-electron chi connectivity index (χ2n) is 4.99. The van der Waals surface area contributed by atoms with E-state index in [2.05, 4.69) is 10.9 Å². The van der Waals surface area contributed by atoms with Crippen molar-refractivity contribution in [1.82, 2.24) is 4.98 Å². The van der Waals surface area contributed by atoms with E-state index in [0.29, 0.717) is 17.9 Å². The van der Waals surface area contributed by atoms with E-state index in [1.165, 1.54) is 0 Å². The Morgan fingerprint density at radius 1 is 1.63 bits per heavy atom. The van der Waals surface area contributed by atoms with Crippen molar-refractivity contribution in [3.63, 3.8) is 0 Å². The zero-order chi connectivity index (χ0) is 13.8. The Morgan fingerprint density at radius 2 is 2.37 bits per heavy atom. The first-order valence-corrected chi connectivity index (χ1v) is 6.39. The van der Waals surface area contributed by atoms with Crippen LogP contribution < -0.4 is 4.90 Å². The molecule has 0 radical (unpaired) electrons. The van der Waals surface area contributed by atoms with Gasteiger partial charge in [-0.2, -0.15) is 0 Å². The molecule has 1 aliphatic rings. The molecule has 0 aromatic carbocycles. The molecule has 2 rings (SSSR count). The molecule has 1 aliphatic carbocycles. The summed E-state index contributed by atoms with van der Waals surface area (Å²) in [7, 11) is 3.76. The number of terminal acetylenes is 1. The van der Waals surface area contributed by atoms with Crippen molar-refractivity contribution in [2.45, 2.75) is 25.4 Å². The third kappa shape index (κ3) is 3.47. The quantitative estimate of drug-likeness (QED) is 0.599. The highest BCUT2D eigenvalue weighted by Gasteiger charge is 2.33. The molecule has 1 fully saturated rings. The largest absolute Gasteiger partial charge is 0.457 e. The number of hydrogen-bond donors (Lipinski definition) is 0. The smallest absolute Gasteiger partial charge is 0.338 e. The van der Waals surface area contributed by atoms with E-state index in [1.807, 2.05) is 19.0 Å². The first-order valence-electron chi connectivity index (χ1n) is 6.39. The maximum Gasteiger partial charge on any atom is 0.338 e. The molecule has 1 heterocycles. The molecule has 0 saturated heterocycles. The average molecular weight is 258 g/mol. The van der Waals surface area contributed by atoms with Gasteiger partial charge in [-0.05, 0) is 30.9 Å². The summed E-state index contributed by atoms with van der Waals surface area (Å²) in [5.41, 5.74) is 0.515. The van der Waals surface area contributed by atoms with Gasteiger partial charge in [-0.1, -0.05) is 0 Å². The molecule has 19 heavy (non-hydrogen) atoms. The second kappa shape index (κ2) is 5.75.